The molecule has 0 aromatic heterocycles. The first-order chi connectivity index (χ1) is 8.20. The minimum absolute atomic E-state index is 0.276. The van der Waals surface area contributed by atoms with E-state index in [1.807, 2.05) is 25.1 Å². The van der Waals surface area contributed by atoms with Crippen LogP contribution in [0.1, 0.15) is 43.7 Å². The van der Waals surface area contributed by atoms with Crippen molar-refractivity contribution in [2.75, 3.05) is 0 Å². The fraction of sp³-hybridized carbons (Fsp3) is 0.533. The van der Waals surface area contributed by atoms with Gasteiger partial charge in [0.15, 0.2) is 0 Å². The highest BCUT2D eigenvalue weighted by Gasteiger charge is 2.23. The van der Waals surface area contributed by atoms with Crippen molar-refractivity contribution in [1.29, 1.82) is 5.26 Å². The standard InChI is InChI=1S/C15H19NO/c1-11-7-8-13(10-16)15(9-11)17-14-6-4-3-5-12(14)2/h7-9,12,14H,3-6H2,1-2H3. The van der Waals surface area contributed by atoms with Crippen LogP contribution in [-0.2, 0) is 0 Å². The van der Waals surface area contributed by atoms with Gasteiger partial charge in [-0.15, -0.1) is 0 Å². The molecule has 2 rings (SSSR count). The molecule has 1 aromatic carbocycles. The second-order valence-electron chi connectivity index (χ2n) is 5.03. The Hall–Kier alpha value is -1.49. The van der Waals surface area contributed by atoms with Crippen molar-refractivity contribution in [2.45, 2.75) is 45.6 Å². The zero-order chi connectivity index (χ0) is 12.3. The monoisotopic (exact) mass is 229 g/mol. The van der Waals surface area contributed by atoms with Crippen LogP contribution >= 0.6 is 0 Å². The van der Waals surface area contributed by atoms with Gasteiger partial charge in [-0.2, -0.15) is 5.26 Å². The van der Waals surface area contributed by atoms with Gasteiger partial charge in [-0.3, -0.25) is 0 Å². The van der Waals surface area contributed by atoms with Crippen LogP contribution in [0, 0.1) is 24.2 Å². The van der Waals surface area contributed by atoms with Crippen molar-refractivity contribution in [3.8, 4) is 11.8 Å². The molecule has 0 N–H and O–H groups in total. The minimum atomic E-state index is 0.276. The van der Waals surface area contributed by atoms with Gasteiger partial charge in [0.05, 0.1) is 5.56 Å². The van der Waals surface area contributed by atoms with Crippen molar-refractivity contribution >= 4 is 0 Å². The summed E-state index contributed by atoms with van der Waals surface area (Å²) in [6, 6.07) is 7.97. The first-order valence-corrected chi connectivity index (χ1v) is 6.38. The van der Waals surface area contributed by atoms with Gasteiger partial charge in [0.1, 0.15) is 17.9 Å². The van der Waals surface area contributed by atoms with Gasteiger partial charge in [-0.25, -0.2) is 0 Å². The second kappa shape index (κ2) is 5.23. The summed E-state index contributed by atoms with van der Waals surface area (Å²) in [5.41, 5.74) is 1.79. The quantitative estimate of drug-likeness (QED) is 0.772. The number of ether oxygens (including phenoxy) is 1. The van der Waals surface area contributed by atoms with Crippen LogP contribution in [0.15, 0.2) is 18.2 Å². The van der Waals surface area contributed by atoms with E-state index in [0.29, 0.717) is 11.5 Å². The number of benzene rings is 1. The van der Waals surface area contributed by atoms with Crippen LogP contribution in [-0.4, -0.2) is 6.10 Å². The molecule has 1 aliphatic carbocycles. The lowest BCUT2D eigenvalue weighted by Crippen LogP contribution is -2.28. The zero-order valence-corrected chi connectivity index (χ0v) is 10.6. The van der Waals surface area contributed by atoms with Gasteiger partial charge in [0, 0.05) is 0 Å². The highest BCUT2D eigenvalue weighted by atomic mass is 16.5. The molecule has 0 heterocycles. The Morgan fingerprint density at radius 3 is 2.76 bits per heavy atom. The molecule has 0 aliphatic heterocycles. The third-order valence-electron chi connectivity index (χ3n) is 3.57. The predicted octanol–water partition coefficient (Wildman–Crippen LogP) is 3.82. The number of rotatable bonds is 2. The molecule has 90 valence electrons. The molecule has 0 spiro atoms. The first-order valence-electron chi connectivity index (χ1n) is 6.38. The molecule has 0 saturated heterocycles. The van der Waals surface area contributed by atoms with Crippen molar-refractivity contribution < 1.29 is 4.74 Å². The lowest BCUT2D eigenvalue weighted by atomic mass is 9.88. The third kappa shape index (κ3) is 2.79. The lowest BCUT2D eigenvalue weighted by Gasteiger charge is -2.29. The predicted molar refractivity (Wildman–Crippen MR) is 67.9 cm³/mol. The summed E-state index contributed by atoms with van der Waals surface area (Å²) in [6.45, 7) is 4.27. The van der Waals surface area contributed by atoms with Crippen molar-refractivity contribution in [3.05, 3.63) is 29.3 Å². The molecular formula is C15H19NO. The Kier molecular flexibility index (Phi) is 3.68. The normalized spacial score (nSPS) is 24.1. The van der Waals surface area contributed by atoms with E-state index in [9.17, 15) is 0 Å². The summed E-state index contributed by atoms with van der Waals surface area (Å²) < 4.78 is 6.05. The Morgan fingerprint density at radius 2 is 2.06 bits per heavy atom. The molecule has 2 heteroatoms. The molecular weight excluding hydrogens is 210 g/mol. The van der Waals surface area contributed by atoms with E-state index < -0.39 is 0 Å². The topological polar surface area (TPSA) is 33.0 Å². The summed E-state index contributed by atoms with van der Waals surface area (Å²) in [5.74, 6) is 1.35. The highest BCUT2D eigenvalue weighted by Crippen LogP contribution is 2.29. The number of hydrogen-bond donors (Lipinski definition) is 0. The fourth-order valence-electron chi connectivity index (χ4n) is 2.44. The van der Waals surface area contributed by atoms with Crippen LogP contribution in [0.25, 0.3) is 0 Å². The average molecular weight is 229 g/mol. The zero-order valence-electron chi connectivity index (χ0n) is 10.6. The average Bonchev–Trinajstić information content (AvgIpc) is 2.32. The summed E-state index contributed by atoms with van der Waals surface area (Å²) >= 11 is 0. The van der Waals surface area contributed by atoms with E-state index in [1.54, 1.807) is 0 Å². The molecule has 1 aliphatic rings. The van der Waals surface area contributed by atoms with E-state index in [-0.39, 0.29) is 6.10 Å². The van der Waals surface area contributed by atoms with Gasteiger partial charge >= 0.3 is 0 Å². The highest BCUT2D eigenvalue weighted by molar-refractivity contribution is 5.45. The Balaban J connectivity index is 2.17. The van der Waals surface area contributed by atoms with Crippen LogP contribution in [0.2, 0.25) is 0 Å². The van der Waals surface area contributed by atoms with Crippen LogP contribution in [0.4, 0.5) is 0 Å². The largest absolute Gasteiger partial charge is 0.489 e. The number of nitriles is 1. The maximum Gasteiger partial charge on any atom is 0.137 e. The van der Waals surface area contributed by atoms with Crippen LogP contribution < -0.4 is 4.74 Å². The Labute approximate surface area is 103 Å². The maximum absolute atomic E-state index is 9.07. The molecule has 1 aromatic rings. The Bertz CT molecular complexity index is 433. The van der Waals surface area contributed by atoms with Gasteiger partial charge in [0.25, 0.3) is 0 Å². The number of aryl methyl sites for hydroxylation is 1. The second-order valence-corrected chi connectivity index (χ2v) is 5.03. The van der Waals surface area contributed by atoms with E-state index in [4.69, 9.17) is 10.00 Å². The molecule has 1 saturated carbocycles. The minimum Gasteiger partial charge on any atom is -0.489 e. The summed E-state index contributed by atoms with van der Waals surface area (Å²) in [4.78, 5) is 0. The summed E-state index contributed by atoms with van der Waals surface area (Å²) in [7, 11) is 0. The molecule has 17 heavy (non-hydrogen) atoms. The van der Waals surface area contributed by atoms with Gasteiger partial charge in [0.2, 0.25) is 0 Å². The van der Waals surface area contributed by atoms with Gasteiger partial charge in [-0.05, 0) is 49.8 Å². The molecule has 2 unspecified atom stereocenters. The maximum atomic E-state index is 9.07. The van der Waals surface area contributed by atoms with E-state index in [1.165, 1.54) is 19.3 Å². The van der Waals surface area contributed by atoms with Crippen molar-refractivity contribution in [1.82, 2.24) is 0 Å². The summed E-state index contributed by atoms with van der Waals surface area (Å²) in [5, 5.41) is 9.07. The fourth-order valence-corrected chi connectivity index (χ4v) is 2.44. The molecule has 1 fully saturated rings. The smallest absolute Gasteiger partial charge is 0.137 e. The number of nitrogens with zero attached hydrogens (tertiary/aromatic N) is 1. The molecule has 2 nitrogen and oxygen atoms in total. The third-order valence-corrected chi connectivity index (χ3v) is 3.57. The van der Waals surface area contributed by atoms with Gasteiger partial charge < -0.3 is 4.74 Å². The van der Waals surface area contributed by atoms with Crippen LogP contribution in [0.5, 0.6) is 5.75 Å². The summed E-state index contributed by atoms with van der Waals surface area (Å²) in [6.07, 6.45) is 5.17. The van der Waals surface area contributed by atoms with Crippen LogP contribution in [0.3, 0.4) is 0 Å². The van der Waals surface area contributed by atoms with Crippen molar-refractivity contribution in [2.24, 2.45) is 5.92 Å². The molecule has 0 bridgehead atoms. The molecule has 2 atom stereocenters. The molecule has 0 amide bonds. The van der Waals surface area contributed by atoms with Gasteiger partial charge in [-0.1, -0.05) is 19.4 Å². The number of hydrogen-bond acceptors (Lipinski definition) is 2. The SMILES string of the molecule is Cc1ccc(C#N)c(OC2CCCCC2C)c1. The van der Waals surface area contributed by atoms with E-state index >= 15 is 0 Å². The Morgan fingerprint density at radius 1 is 1.29 bits per heavy atom. The molecule has 0 radical (unpaired) electrons. The first kappa shape index (κ1) is 12.0. The lowest BCUT2D eigenvalue weighted by molar-refractivity contribution is 0.102. The van der Waals surface area contributed by atoms with E-state index in [0.717, 1.165) is 17.7 Å². The van der Waals surface area contributed by atoms with Crippen molar-refractivity contribution in [3.63, 3.8) is 0 Å². The van der Waals surface area contributed by atoms with E-state index in [2.05, 4.69) is 13.0 Å².